The van der Waals surface area contributed by atoms with Gasteiger partial charge in [0.25, 0.3) is 0 Å². The van der Waals surface area contributed by atoms with Crippen LogP contribution in [0.15, 0.2) is 23.8 Å². The standard InChI is InChI=1S/C16H21N3O/c1-10-4-12(3)19-15-5-13(7-18-16(10)15)11(2)6-17-8-14-9-20-14/h5,7,11,14,17H,1,4,6,8-9H2,2-3H3. The predicted molar refractivity (Wildman–Crippen MR) is 81.7 cm³/mol. The van der Waals surface area contributed by atoms with Crippen molar-refractivity contribution in [1.29, 1.82) is 0 Å². The topological polar surface area (TPSA) is 49.8 Å². The smallest absolute Gasteiger partial charge is 0.0933 e. The quantitative estimate of drug-likeness (QED) is 0.838. The lowest BCUT2D eigenvalue weighted by Crippen LogP contribution is -2.24. The van der Waals surface area contributed by atoms with Gasteiger partial charge in [-0.2, -0.15) is 0 Å². The number of allylic oxidation sites excluding steroid dienone is 1. The molecule has 0 aliphatic carbocycles. The number of aliphatic imine (C=N–C) groups is 1. The molecule has 1 fully saturated rings. The first-order valence-corrected chi connectivity index (χ1v) is 7.18. The number of fused-ring (bicyclic) bond motifs is 1. The van der Waals surface area contributed by atoms with Gasteiger partial charge in [-0.3, -0.25) is 9.98 Å². The minimum absolute atomic E-state index is 0.414. The van der Waals surface area contributed by atoms with Crippen molar-refractivity contribution >= 4 is 17.0 Å². The molecule has 1 N–H and O–H groups in total. The van der Waals surface area contributed by atoms with E-state index in [0.717, 1.165) is 48.8 Å². The molecule has 3 heterocycles. The zero-order valence-corrected chi connectivity index (χ0v) is 12.1. The van der Waals surface area contributed by atoms with Crippen molar-refractivity contribution in [3.63, 3.8) is 0 Å². The van der Waals surface area contributed by atoms with Gasteiger partial charge >= 0.3 is 0 Å². The van der Waals surface area contributed by atoms with Crippen molar-refractivity contribution in [2.24, 2.45) is 4.99 Å². The summed E-state index contributed by atoms with van der Waals surface area (Å²) in [6, 6.07) is 2.15. The molecule has 1 saturated heterocycles. The van der Waals surface area contributed by atoms with Crippen molar-refractivity contribution in [3.05, 3.63) is 30.1 Å². The minimum atomic E-state index is 0.414. The van der Waals surface area contributed by atoms with Crippen molar-refractivity contribution in [2.45, 2.75) is 32.3 Å². The Morgan fingerprint density at radius 1 is 1.55 bits per heavy atom. The van der Waals surface area contributed by atoms with Crippen LogP contribution < -0.4 is 5.32 Å². The maximum absolute atomic E-state index is 5.19. The molecule has 0 aromatic carbocycles. The Kier molecular flexibility index (Phi) is 3.68. The number of ether oxygens (including phenoxy) is 1. The Hall–Kier alpha value is -1.52. The number of nitrogens with one attached hydrogen (secondary N) is 1. The zero-order chi connectivity index (χ0) is 14.1. The molecule has 4 heteroatoms. The van der Waals surface area contributed by atoms with Gasteiger partial charge in [0, 0.05) is 31.4 Å². The summed E-state index contributed by atoms with van der Waals surface area (Å²) in [6.45, 7) is 11.1. The van der Waals surface area contributed by atoms with E-state index in [9.17, 15) is 0 Å². The summed E-state index contributed by atoms with van der Waals surface area (Å²) in [5, 5.41) is 3.44. The van der Waals surface area contributed by atoms with Crippen LogP contribution in [0.1, 0.15) is 37.4 Å². The van der Waals surface area contributed by atoms with Crippen LogP contribution in [0, 0.1) is 0 Å². The van der Waals surface area contributed by atoms with E-state index in [1.54, 1.807) is 0 Å². The molecular weight excluding hydrogens is 250 g/mol. The van der Waals surface area contributed by atoms with Crippen LogP contribution in [-0.4, -0.2) is 36.5 Å². The molecule has 2 atom stereocenters. The fourth-order valence-electron chi connectivity index (χ4n) is 2.50. The fraction of sp³-hybridized carbons (Fsp3) is 0.500. The molecule has 0 saturated carbocycles. The van der Waals surface area contributed by atoms with Gasteiger partial charge < -0.3 is 10.1 Å². The van der Waals surface area contributed by atoms with E-state index in [1.165, 1.54) is 5.56 Å². The molecule has 0 radical (unpaired) electrons. The van der Waals surface area contributed by atoms with E-state index in [1.807, 2.05) is 13.1 Å². The summed E-state index contributed by atoms with van der Waals surface area (Å²) in [5.74, 6) is 0.414. The highest BCUT2D eigenvalue weighted by Crippen LogP contribution is 2.33. The van der Waals surface area contributed by atoms with E-state index in [4.69, 9.17) is 4.74 Å². The molecule has 2 unspecified atom stereocenters. The Balaban J connectivity index is 1.71. The second-order valence-corrected chi connectivity index (χ2v) is 5.78. The first-order chi connectivity index (χ1) is 9.63. The van der Waals surface area contributed by atoms with Gasteiger partial charge in [0.05, 0.1) is 24.1 Å². The van der Waals surface area contributed by atoms with Crippen molar-refractivity contribution in [3.8, 4) is 0 Å². The molecule has 0 spiro atoms. The Bertz CT molecular complexity index is 561. The van der Waals surface area contributed by atoms with Crippen molar-refractivity contribution in [2.75, 3.05) is 19.7 Å². The summed E-state index contributed by atoms with van der Waals surface area (Å²) in [7, 11) is 0. The fourth-order valence-corrected chi connectivity index (χ4v) is 2.50. The number of nitrogens with zero attached hydrogens (tertiary/aromatic N) is 2. The van der Waals surface area contributed by atoms with Gasteiger partial charge in [0.2, 0.25) is 0 Å². The number of rotatable bonds is 5. The van der Waals surface area contributed by atoms with Crippen LogP contribution in [-0.2, 0) is 4.74 Å². The highest BCUT2D eigenvalue weighted by Gasteiger charge is 2.22. The highest BCUT2D eigenvalue weighted by atomic mass is 16.6. The maximum atomic E-state index is 5.19. The molecule has 0 amide bonds. The van der Waals surface area contributed by atoms with Crippen molar-refractivity contribution < 1.29 is 4.74 Å². The van der Waals surface area contributed by atoms with Gasteiger partial charge in [-0.15, -0.1) is 0 Å². The SMILES string of the molecule is C=C1CC(C)=Nc2cc(C(C)CNCC3CO3)cnc21. The second kappa shape index (κ2) is 5.46. The predicted octanol–water partition coefficient (Wildman–Crippen LogP) is 2.68. The number of hydrogen-bond donors (Lipinski definition) is 1. The number of epoxide rings is 1. The molecule has 106 valence electrons. The molecule has 2 aliphatic heterocycles. The van der Waals surface area contributed by atoms with Gasteiger partial charge in [-0.1, -0.05) is 13.5 Å². The third kappa shape index (κ3) is 2.97. The summed E-state index contributed by atoms with van der Waals surface area (Å²) < 4.78 is 5.19. The third-order valence-corrected chi connectivity index (χ3v) is 3.80. The lowest BCUT2D eigenvalue weighted by molar-refractivity contribution is 0.395. The molecule has 4 nitrogen and oxygen atoms in total. The van der Waals surface area contributed by atoms with Gasteiger partial charge in [-0.05, 0) is 30.0 Å². The van der Waals surface area contributed by atoms with Crippen LogP contribution >= 0.6 is 0 Å². The van der Waals surface area contributed by atoms with Crippen LogP contribution in [0.4, 0.5) is 5.69 Å². The molecule has 2 aliphatic rings. The molecule has 0 bridgehead atoms. The number of aromatic nitrogens is 1. The Morgan fingerprint density at radius 3 is 3.10 bits per heavy atom. The zero-order valence-electron chi connectivity index (χ0n) is 12.1. The van der Waals surface area contributed by atoms with Crippen LogP contribution in [0.2, 0.25) is 0 Å². The highest BCUT2D eigenvalue weighted by molar-refractivity contribution is 5.98. The largest absolute Gasteiger partial charge is 0.372 e. The van der Waals surface area contributed by atoms with E-state index < -0.39 is 0 Å². The maximum Gasteiger partial charge on any atom is 0.0933 e. The molecule has 20 heavy (non-hydrogen) atoms. The Morgan fingerprint density at radius 2 is 2.35 bits per heavy atom. The lowest BCUT2D eigenvalue weighted by atomic mass is 9.98. The summed E-state index contributed by atoms with van der Waals surface area (Å²) in [6.07, 6.45) is 3.22. The lowest BCUT2D eigenvalue weighted by Gasteiger charge is -2.18. The van der Waals surface area contributed by atoms with Crippen molar-refractivity contribution in [1.82, 2.24) is 10.3 Å². The van der Waals surface area contributed by atoms with E-state index in [2.05, 4.69) is 34.9 Å². The molecular formula is C16H21N3O. The van der Waals surface area contributed by atoms with E-state index >= 15 is 0 Å². The Labute approximate surface area is 120 Å². The first kappa shape index (κ1) is 13.5. The van der Waals surface area contributed by atoms with Gasteiger partial charge in [0.15, 0.2) is 0 Å². The molecule has 1 aromatic heterocycles. The normalized spacial score (nSPS) is 22.2. The minimum Gasteiger partial charge on any atom is -0.372 e. The van der Waals surface area contributed by atoms with Gasteiger partial charge in [-0.25, -0.2) is 0 Å². The van der Waals surface area contributed by atoms with E-state index in [0.29, 0.717) is 12.0 Å². The van der Waals surface area contributed by atoms with Crippen LogP contribution in [0.25, 0.3) is 5.57 Å². The van der Waals surface area contributed by atoms with Crippen LogP contribution in [0.3, 0.4) is 0 Å². The summed E-state index contributed by atoms with van der Waals surface area (Å²) >= 11 is 0. The number of pyridine rings is 1. The molecule has 3 rings (SSSR count). The van der Waals surface area contributed by atoms with Crippen LogP contribution in [0.5, 0.6) is 0 Å². The van der Waals surface area contributed by atoms with E-state index in [-0.39, 0.29) is 0 Å². The van der Waals surface area contributed by atoms with Gasteiger partial charge in [0.1, 0.15) is 0 Å². The summed E-state index contributed by atoms with van der Waals surface area (Å²) in [5.41, 5.74) is 5.31. The third-order valence-electron chi connectivity index (χ3n) is 3.80. The average molecular weight is 271 g/mol. The summed E-state index contributed by atoms with van der Waals surface area (Å²) in [4.78, 5) is 9.16. The average Bonchev–Trinajstić information content (AvgIpc) is 3.21. The second-order valence-electron chi connectivity index (χ2n) is 5.78. The monoisotopic (exact) mass is 271 g/mol. The number of hydrogen-bond acceptors (Lipinski definition) is 4. The molecule has 1 aromatic rings. The first-order valence-electron chi connectivity index (χ1n) is 7.18.